The smallest absolute Gasteiger partial charge is 0.307 e. The Labute approximate surface area is 141 Å². The molecule has 2 aromatic rings. The summed E-state index contributed by atoms with van der Waals surface area (Å²) in [6, 6.07) is 6.58. The van der Waals surface area contributed by atoms with Gasteiger partial charge in [-0.25, -0.2) is 5.43 Å². The normalized spacial score (nSPS) is 10.6. The second kappa shape index (κ2) is 7.68. The van der Waals surface area contributed by atoms with Gasteiger partial charge in [-0.1, -0.05) is 0 Å². The maximum absolute atomic E-state index is 11.8. The van der Waals surface area contributed by atoms with Gasteiger partial charge in [-0.05, 0) is 40.2 Å². The van der Waals surface area contributed by atoms with Crippen LogP contribution in [0.4, 0.5) is 0 Å². The maximum atomic E-state index is 11.8. The standard InChI is InChI=1S/C15H15BrN2O5/c1-20-11-6-9(7-12(21-2)14(11)22-3)8-17-18-15(19)10-4-5-13(16)23-10/h4-8H,1-3H3,(H,18,19)/b17-8+. The molecule has 122 valence electrons. The number of hydrogen-bond acceptors (Lipinski definition) is 6. The van der Waals surface area contributed by atoms with Crippen molar-refractivity contribution < 1.29 is 23.4 Å². The van der Waals surface area contributed by atoms with Crippen LogP contribution in [-0.4, -0.2) is 33.5 Å². The van der Waals surface area contributed by atoms with Crippen molar-refractivity contribution in [2.75, 3.05) is 21.3 Å². The second-order valence-corrected chi connectivity index (χ2v) is 5.04. The number of amides is 1. The van der Waals surface area contributed by atoms with E-state index >= 15 is 0 Å². The molecule has 0 bridgehead atoms. The molecule has 0 aliphatic rings. The Balaban J connectivity index is 2.14. The van der Waals surface area contributed by atoms with Crippen molar-refractivity contribution in [2.24, 2.45) is 5.10 Å². The third kappa shape index (κ3) is 4.04. The van der Waals surface area contributed by atoms with Crippen LogP contribution in [0.15, 0.2) is 38.5 Å². The zero-order valence-electron chi connectivity index (χ0n) is 12.8. The lowest BCUT2D eigenvalue weighted by Gasteiger charge is -2.12. The first kappa shape index (κ1) is 16.9. The summed E-state index contributed by atoms with van der Waals surface area (Å²) in [5.74, 6) is 1.17. The molecular formula is C15H15BrN2O5. The van der Waals surface area contributed by atoms with Crippen molar-refractivity contribution in [3.63, 3.8) is 0 Å². The summed E-state index contributed by atoms with van der Waals surface area (Å²) >= 11 is 3.13. The highest BCUT2D eigenvalue weighted by atomic mass is 79.9. The number of hydrogen-bond donors (Lipinski definition) is 1. The van der Waals surface area contributed by atoms with Gasteiger partial charge in [0, 0.05) is 5.56 Å². The van der Waals surface area contributed by atoms with E-state index in [-0.39, 0.29) is 5.76 Å². The number of carbonyl (C=O) groups excluding carboxylic acids is 1. The molecule has 1 amide bonds. The fourth-order valence-electron chi connectivity index (χ4n) is 1.83. The number of halogens is 1. The lowest BCUT2D eigenvalue weighted by atomic mass is 10.2. The third-order valence-corrected chi connectivity index (χ3v) is 3.29. The fraction of sp³-hybridized carbons (Fsp3) is 0.200. The molecule has 0 spiro atoms. The molecule has 0 fully saturated rings. The van der Waals surface area contributed by atoms with Gasteiger partial charge in [-0.15, -0.1) is 0 Å². The minimum Gasteiger partial charge on any atom is -0.493 e. The number of ether oxygens (including phenoxy) is 3. The highest BCUT2D eigenvalue weighted by molar-refractivity contribution is 9.10. The average Bonchev–Trinajstić information content (AvgIpc) is 3.00. The zero-order chi connectivity index (χ0) is 16.8. The van der Waals surface area contributed by atoms with Crippen molar-refractivity contribution >= 4 is 28.1 Å². The van der Waals surface area contributed by atoms with E-state index in [0.717, 1.165) is 0 Å². The average molecular weight is 383 g/mol. The number of carbonyl (C=O) groups is 1. The minimum atomic E-state index is -0.459. The number of furan rings is 1. The van der Waals surface area contributed by atoms with Crippen molar-refractivity contribution in [1.82, 2.24) is 5.43 Å². The Hall–Kier alpha value is -2.48. The first-order chi connectivity index (χ1) is 11.1. The van der Waals surface area contributed by atoms with Crippen LogP contribution in [0.2, 0.25) is 0 Å². The molecule has 0 saturated heterocycles. The molecule has 0 atom stereocenters. The van der Waals surface area contributed by atoms with Gasteiger partial charge in [-0.3, -0.25) is 4.79 Å². The van der Waals surface area contributed by atoms with Crippen LogP contribution in [0.1, 0.15) is 16.1 Å². The predicted molar refractivity (Wildman–Crippen MR) is 87.6 cm³/mol. The molecule has 8 heteroatoms. The van der Waals surface area contributed by atoms with E-state index in [0.29, 0.717) is 27.5 Å². The van der Waals surface area contributed by atoms with E-state index in [4.69, 9.17) is 18.6 Å². The summed E-state index contributed by atoms with van der Waals surface area (Å²) in [4.78, 5) is 11.8. The Bertz CT molecular complexity index is 701. The number of nitrogens with one attached hydrogen (secondary N) is 1. The second-order valence-electron chi connectivity index (χ2n) is 4.26. The van der Waals surface area contributed by atoms with Crippen LogP contribution in [0.25, 0.3) is 0 Å². The van der Waals surface area contributed by atoms with Crippen LogP contribution < -0.4 is 19.6 Å². The summed E-state index contributed by atoms with van der Waals surface area (Å²) < 4.78 is 21.3. The van der Waals surface area contributed by atoms with Gasteiger partial charge in [0.05, 0.1) is 27.5 Å². The molecule has 1 aromatic heterocycles. The first-order valence-corrected chi connectivity index (χ1v) is 7.27. The van der Waals surface area contributed by atoms with Crippen molar-refractivity contribution in [2.45, 2.75) is 0 Å². The Morgan fingerprint density at radius 3 is 2.30 bits per heavy atom. The van der Waals surface area contributed by atoms with E-state index in [1.807, 2.05) is 0 Å². The van der Waals surface area contributed by atoms with E-state index in [1.54, 1.807) is 18.2 Å². The van der Waals surface area contributed by atoms with E-state index in [1.165, 1.54) is 33.6 Å². The number of nitrogens with zero attached hydrogens (tertiary/aromatic N) is 1. The van der Waals surface area contributed by atoms with Gasteiger partial charge in [0.25, 0.3) is 0 Å². The summed E-state index contributed by atoms with van der Waals surface area (Å²) in [6.45, 7) is 0. The molecule has 0 aliphatic carbocycles. The fourth-order valence-corrected chi connectivity index (χ4v) is 2.14. The molecule has 7 nitrogen and oxygen atoms in total. The molecular weight excluding hydrogens is 368 g/mol. The molecule has 23 heavy (non-hydrogen) atoms. The molecule has 0 radical (unpaired) electrons. The highest BCUT2D eigenvalue weighted by Crippen LogP contribution is 2.37. The summed E-state index contributed by atoms with van der Waals surface area (Å²) in [5.41, 5.74) is 3.03. The molecule has 0 saturated carbocycles. The van der Waals surface area contributed by atoms with Crippen LogP contribution in [0, 0.1) is 0 Å². The summed E-state index contributed by atoms with van der Waals surface area (Å²) in [6.07, 6.45) is 1.46. The van der Waals surface area contributed by atoms with Gasteiger partial charge >= 0.3 is 5.91 Å². The lowest BCUT2D eigenvalue weighted by molar-refractivity contribution is 0.0926. The zero-order valence-corrected chi connectivity index (χ0v) is 14.3. The predicted octanol–water partition coefficient (Wildman–Crippen LogP) is 2.83. The maximum Gasteiger partial charge on any atom is 0.307 e. The molecule has 1 heterocycles. The SMILES string of the molecule is COc1cc(/C=N/NC(=O)c2ccc(Br)o2)cc(OC)c1OC. The van der Waals surface area contributed by atoms with Crippen LogP contribution in [-0.2, 0) is 0 Å². The van der Waals surface area contributed by atoms with Gasteiger partial charge in [-0.2, -0.15) is 5.10 Å². The summed E-state index contributed by atoms with van der Waals surface area (Å²) in [7, 11) is 4.57. The molecule has 0 aliphatic heterocycles. The first-order valence-electron chi connectivity index (χ1n) is 6.47. The lowest BCUT2D eigenvalue weighted by Crippen LogP contribution is -2.16. The van der Waals surface area contributed by atoms with E-state index in [2.05, 4.69) is 26.5 Å². The van der Waals surface area contributed by atoms with Crippen molar-refractivity contribution in [3.8, 4) is 17.2 Å². The van der Waals surface area contributed by atoms with E-state index < -0.39 is 5.91 Å². The molecule has 2 rings (SSSR count). The Kier molecular flexibility index (Phi) is 5.64. The largest absolute Gasteiger partial charge is 0.493 e. The quantitative estimate of drug-likeness (QED) is 0.613. The van der Waals surface area contributed by atoms with Gasteiger partial charge in [0.1, 0.15) is 0 Å². The van der Waals surface area contributed by atoms with Crippen LogP contribution in [0.3, 0.4) is 0 Å². The van der Waals surface area contributed by atoms with Crippen LogP contribution >= 0.6 is 15.9 Å². The van der Waals surface area contributed by atoms with Crippen molar-refractivity contribution in [3.05, 3.63) is 40.3 Å². The van der Waals surface area contributed by atoms with Crippen molar-refractivity contribution in [1.29, 1.82) is 0 Å². The Morgan fingerprint density at radius 2 is 1.83 bits per heavy atom. The minimum absolute atomic E-state index is 0.152. The highest BCUT2D eigenvalue weighted by Gasteiger charge is 2.13. The molecule has 1 N–H and O–H groups in total. The number of rotatable bonds is 6. The molecule has 0 unspecified atom stereocenters. The number of hydrazone groups is 1. The van der Waals surface area contributed by atoms with Gasteiger partial charge < -0.3 is 18.6 Å². The van der Waals surface area contributed by atoms with Gasteiger partial charge in [0.2, 0.25) is 5.75 Å². The van der Waals surface area contributed by atoms with Gasteiger partial charge in [0.15, 0.2) is 21.9 Å². The number of methoxy groups -OCH3 is 3. The monoisotopic (exact) mass is 382 g/mol. The molecule has 1 aromatic carbocycles. The number of benzene rings is 1. The van der Waals surface area contributed by atoms with Crippen LogP contribution in [0.5, 0.6) is 17.2 Å². The Morgan fingerprint density at radius 1 is 1.17 bits per heavy atom. The topological polar surface area (TPSA) is 82.3 Å². The van der Waals surface area contributed by atoms with E-state index in [9.17, 15) is 4.79 Å². The summed E-state index contributed by atoms with van der Waals surface area (Å²) in [5, 5.41) is 3.88. The third-order valence-electron chi connectivity index (χ3n) is 2.86.